The summed E-state index contributed by atoms with van der Waals surface area (Å²) in [6.07, 6.45) is 5.05. The van der Waals surface area contributed by atoms with E-state index in [0.717, 1.165) is 22.0 Å². The zero-order chi connectivity index (χ0) is 16.1. The summed E-state index contributed by atoms with van der Waals surface area (Å²) in [5.41, 5.74) is 2.76. The van der Waals surface area contributed by atoms with Crippen LogP contribution in [0.3, 0.4) is 0 Å². The molecule has 1 heterocycles. The Bertz CT molecular complexity index is 869. The van der Waals surface area contributed by atoms with E-state index in [0.29, 0.717) is 11.6 Å². The summed E-state index contributed by atoms with van der Waals surface area (Å²) in [5.74, 6) is -0.155. The molecule has 23 heavy (non-hydrogen) atoms. The average Bonchev–Trinajstić information content (AvgIpc) is 2.58. The number of hydrogen-bond donors (Lipinski definition) is 1. The number of hydrogen-bond acceptors (Lipinski definition) is 2. The normalized spacial score (nSPS) is 11.0. The minimum Gasteiger partial charge on any atom is -0.348 e. The molecule has 3 rings (SSSR count). The SMILES string of the molecule is O=C(/C=C/c1cccc2cccnc12)NCc1cccc(Cl)c1. The smallest absolute Gasteiger partial charge is 0.244 e. The molecule has 0 spiro atoms. The average molecular weight is 323 g/mol. The van der Waals surface area contributed by atoms with Gasteiger partial charge in [0.2, 0.25) is 5.91 Å². The van der Waals surface area contributed by atoms with E-state index >= 15 is 0 Å². The van der Waals surface area contributed by atoms with Crippen molar-refractivity contribution in [2.24, 2.45) is 0 Å². The molecule has 3 aromatic rings. The Morgan fingerprint density at radius 1 is 1.13 bits per heavy atom. The third-order valence-corrected chi connectivity index (χ3v) is 3.67. The van der Waals surface area contributed by atoms with E-state index in [1.807, 2.05) is 48.5 Å². The van der Waals surface area contributed by atoms with Crippen LogP contribution >= 0.6 is 11.6 Å². The van der Waals surface area contributed by atoms with Crippen molar-refractivity contribution in [1.29, 1.82) is 0 Å². The Hall–Kier alpha value is -2.65. The second kappa shape index (κ2) is 7.07. The van der Waals surface area contributed by atoms with Crippen LogP contribution in [0.5, 0.6) is 0 Å². The Morgan fingerprint density at radius 3 is 2.83 bits per heavy atom. The van der Waals surface area contributed by atoms with Gasteiger partial charge in [0.05, 0.1) is 5.52 Å². The first-order valence-corrected chi connectivity index (χ1v) is 7.64. The molecule has 4 heteroatoms. The fraction of sp³-hybridized carbons (Fsp3) is 0.0526. The number of halogens is 1. The third kappa shape index (κ3) is 3.96. The number of nitrogens with zero attached hydrogens (tertiary/aromatic N) is 1. The molecule has 0 radical (unpaired) electrons. The summed E-state index contributed by atoms with van der Waals surface area (Å²) in [4.78, 5) is 16.3. The van der Waals surface area contributed by atoms with E-state index in [1.54, 1.807) is 18.3 Å². The van der Waals surface area contributed by atoms with Crippen molar-refractivity contribution in [2.45, 2.75) is 6.54 Å². The van der Waals surface area contributed by atoms with Crippen LogP contribution in [-0.2, 0) is 11.3 Å². The van der Waals surface area contributed by atoms with E-state index < -0.39 is 0 Å². The number of benzene rings is 2. The van der Waals surface area contributed by atoms with Crippen molar-refractivity contribution < 1.29 is 4.79 Å². The van der Waals surface area contributed by atoms with Crippen molar-refractivity contribution in [2.75, 3.05) is 0 Å². The summed E-state index contributed by atoms with van der Waals surface area (Å²) >= 11 is 5.92. The van der Waals surface area contributed by atoms with Crippen molar-refractivity contribution >= 4 is 34.5 Å². The molecule has 3 nitrogen and oxygen atoms in total. The van der Waals surface area contributed by atoms with Crippen molar-refractivity contribution in [3.8, 4) is 0 Å². The van der Waals surface area contributed by atoms with Gasteiger partial charge in [-0.2, -0.15) is 0 Å². The quantitative estimate of drug-likeness (QED) is 0.731. The number of para-hydroxylation sites is 1. The predicted molar refractivity (Wildman–Crippen MR) is 94.1 cm³/mol. The van der Waals surface area contributed by atoms with Crippen LogP contribution in [0.1, 0.15) is 11.1 Å². The molecule has 0 aliphatic rings. The number of carbonyl (C=O) groups excluding carboxylic acids is 1. The monoisotopic (exact) mass is 322 g/mol. The van der Waals surface area contributed by atoms with E-state index in [-0.39, 0.29) is 5.91 Å². The molecule has 0 unspecified atom stereocenters. The Labute approximate surface area is 139 Å². The maximum absolute atomic E-state index is 12.0. The molecule has 0 saturated carbocycles. The first-order valence-electron chi connectivity index (χ1n) is 7.26. The van der Waals surface area contributed by atoms with Gasteiger partial charge in [0.25, 0.3) is 0 Å². The van der Waals surface area contributed by atoms with E-state index in [1.165, 1.54) is 6.08 Å². The van der Waals surface area contributed by atoms with Gasteiger partial charge in [0.1, 0.15) is 0 Å². The van der Waals surface area contributed by atoms with Crippen molar-refractivity contribution in [3.63, 3.8) is 0 Å². The van der Waals surface area contributed by atoms with Gasteiger partial charge < -0.3 is 5.32 Å². The van der Waals surface area contributed by atoms with Gasteiger partial charge in [0.15, 0.2) is 0 Å². The molecule has 0 bridgehead atoms. The summed E-state index contributed by atoms with van der Waals surface area (Å²) in [7, 11) is 0. The lowest BCUT2D eigenvalue weighted by Crippen LogP contribution is -2.20. The third-order valence-electron chi connectivity index (χ3n) is 3.43. The number of amides is 1. The minimum atomic E-state index is -0.155. The highest BCUT2D eigenvalue weighted by Crippen LogP contribution is 2.17. The zero-order valence-electron chi connectivity index (χ0n) is 12.4. The van der Waals surface area contributed by atoms with E-state index in [9.17, 15) is 4.79 Å². The van der Waals surface area contributed by atoms with E-state index in [4.69, 9.17) is 11.6 Å². The van der Waals surface area contributed by atoms with Crippen LogP contribution in [0.25, 0.3) is 17.0 Å². The van der Waals surface area contributed by atoms with Gasteiger partial charge >= 0.3 is 0 Å². The topological polar surface area (TPSA) is 42.0 Å². The van der Waals surface area contributed by atoms with Crippen LogP contribution in [0.2, 0.25) is 5.02 Å². The highest BCUT2D eigenvalue weighted by molar-refractivity contribution is 6.30. The molecule has 0 aliphatic carbocycles. The van der Waals surface area contributed by atoms with Gasteiger partial charge in [0, 0.05) is 34.8 Å². The van der Waals surface area contributed by atoms with Gasteiger partial charge in [-0.05, 0) is 29.8 Å². The largest absolute Gasteiger partial charge is 0.348 e. The van der Waals surface area contributed by atoms with Crippen LogP contribution in [0.4, 0.5) is 0 Å². The molecule has 1 amide bonds. The highest BCUT2D eigenvalue weighted by atomic mass is 35.5. The van der Waals surface area contributed by atoms with Crippen molar-refractivity contribution in [1.82, 2.24) is 10.3 Å². The number of aromatic nitrogens is 1. The number of nitrogens with one attached hydrogen (secondary N) is 1. The lowest BCUT2D eigenvalue weighted by Gasteiger charge is -2.03. The molecule has 0 aliphatic heterocycles. The number of pyridine rings is 1. The van der Waals surface area contributed by atoms with Crippen LogP contribution in [0.15, 0.2) is 66.9 Å². The van der Waals surface area contributed by atoms with Gasteiger partial charge in [-0.3, -0.25) is 9.78 Å². The molecule has 0 atom stereocenters. The van der Waals surface area contributed by atoms with Crippen LogP contribution < -0.4 is 5.32 Å². The Morgan fingerprint density at radius 2 is 1.96 bits per heavy atom. The lowest BCUT2D eigenvalue weighted by atomic mass is 10.1. The number of rotatable bonds is 4. The molecule has 1 aromatic heterocycles. The summed E-state index contributed by atoms with van der Waals surface area (Å²) in [5, 5.41) is 4.55. The standard InChI is InChI=1S/C19H15ClN2O/c20-17-8-1-4-14(12-17)13-22-18(23)10-9-16-6-2-5-15-7-3-11-21-19(15)16/h1-12H,13H2,(H,22,23)/b10-9+. The maximum Gasteiger partial charge on any atom is 0.244 e. The van der Waals surface area contributed by atoms with Crippen LogP contribution in [0, 0.1) is 0 Å². The van der Waals surface area contributed by atoms with Crippen LogP contribution in [-0.4, -0.2) is 10.9 Å². The zero-order valence-corrected chi connectivity index (χ0v) is 13.1. The van der Waals surface area contributed by atoms with Gasteiger partial charge in [-0.15, -0.1) is 0 Å². The van der Waals surface area contributed by atoms with E-state index in [2.05, 4.69) is 10.3 Å². The molecule has 0 saturated heterocycles. The summed E-state index contributed by atoms with van der Waals surface area (Å²) in [6, 6.07) is 17.2. The second-order valence-corrected chi connectivity index (χ2v) is 5.54. The Balaban J connectivity index is 1.68. The molecular weight excluding hydrogens is 308 g/mol. The van der Waals surface area contributed by atoms with Gasteiger partial charge in [-0.25, -0.2) is 0 Å². The fourth-order valence-electron chi connectivity index (χ4n) is 2.32. The highest BCUT2D eigenvalue weighted by Gasteiger charge is 2.00. The van der Waals surface area contributed by atoms with Gasteiger partial charge in [-0.1, -0.05) is 48.0 Å². The van der Waals surface area contributed by atoms with Crippen molar-refractivity contribution in [3.05, 3.63) is 83.0 Å². The first-order chi connectivity index (χ1) is 11.2. The second-order valence-electron chi connectivity index (χ2n) is 5.10. The molecular formula is C19H15ClN2O. The number of fused-ring (bicyclic) bond motifs is 1. The molecule has 114 valence electrons. The molecule has 1 N–H and O–H groups in total. The first kappa shape index (κ1) is 15.3. The summed E-state index contributed by atoms with van der Waals surface area (Å²) < 4.78 is 0. The fourth-order valence-corrected chi connectivity index (χ4v) is 2.54. The molecule has 0 fully saturated rings. The predicted octanol–water partition coefficient (Wildman–Crippen LogP) is 4.22. The molecule has 2 aromatic carbocycles. The summed E-state index contributed by atoms with van der Waals surface area (Å²) in [6.45, 7) is 0.442. The minimum absolute atomic E-state index is 0.155. The number of carbonyl (C=O) groups is 1. The lowest BCUT2D eigenvalue weighted by molar-refractivity contribution is -0.116. The Kier molecular flexibility index (Phi) is 4.69. The maximum atomic E-state index is 12.0.